The Morgan fingerprint density at radius 2 is 2.05 bits per heavy atom. The summed E-state index contributed by atoms with van der Waals surface area (Å²) in [5, 5.41) is 12.9. The Balaban J connectivity index is 1.68. The molecule has 0 aliphatic heterocycles. The molecular weight excluding hydrogens is 274 g/mol. The van der Waals surface area contributed by atoms with E-state index in [4.69, 9.17) is 0 Å². The molecule has 22 heavy (non-hydrogen) atoms. The van der Waals surface area contributed by atoms with Gasteiger partial charge in [0.25, 0.3) is 0 Å². The molecule has 0 bridgehead atoms. The van der Waals surface area contributed by atoms with Crippen molar-refractivity contribution in [3.8, 4) is 5.69 Å². The second-order valence-electron chi connectivity index (χ2n) is 6.28. The average molecular weight is 299 g/mol. The van der Waals surface area contributed by atoms with Crippen molar-refractivity contribution in [3.63, 3.8) is 0 Å². The van der Waals surface area contributed by atoms with Crippen molar-refractivity contribution in [2.75, 3.05) is 6.61 Å². The van der Waals surface area contributed by atoms with Crippen LogP contribution in [0.5, 0.6) is 0 Å². The highest BCUT2D eigenvalue weighted by Crippen LogP contribution is 2.35. The third-order valence-electron chi connectivity index (χ3n) is 4.59. The van der Waals surface area contributed by atoms with Crippen molar-refractivity contribution >= 4 is 0 Å². The van der Waals surface area contributed by atoms with Gasteiger partial charge in [-0.1, -0.05) is 12.1 Å². The average Bonchev–Trinajstić information content (AvgIpc) is 3.29. The largest absolute Gasteiger partial charge is 0.396 e. The minimum absolute atomic E-state index is 0.264. The molecule has 1 heterocycles. The fourth-order valence-electron chi connectivity index (χ4n) is 3.08. The van der Waals surface area contributed by atoms with Crippen molar-refractivity contribution in [1.82, 2.24) is 14.9 Å². The summed E-state index contributed by atoms with van der Waals surface area (Å²) in [7, 11) is 0. The number of hydrogen-bond acceptors (Lipinski definition) is 3. The van der Waals surface area contributed by atoms with Crippen LogP contribution in [0.2, 0.25) is 0 Å². The van der Waals surface area contributed by atoms with Crippen LogP contribution in [0.3, 0.4) is 0 Å². The SMILES string of the molecule is Cc1nccn1-c1ccc(C(C)NC(CCO)C2CC2)cc1. The number of aliphatic hydroxyl groups is 1. The molecule has 3 rings (SSSR count). The van der Waals surface area contributed by atoms with Crippen molar-refractivity contribution in [2.45, 2.75) is 45.2 Å². The van der Waals surface area contributed by atoms with E-state index in [1.165, 1.54) is 18.4 Å². The van der Waals surface area contributed by atoms with Gasteiger partial charge in [-0.05, 0) is 56.7 Å². The van der Waals surface area contributed by atoms with Crippen LogP contribution in [0, 0.1) is 12.8 Å². The fourth-order valence-corrected chi connectivity index (χ4v) is 3.08. The van der Waals surface area contributed by atoms with Gasteiger partial charge in [-0.15, -0.1) is 0 Å². The molecule has 0 spiro atoms. The summed E-state index contributed by atoms with van der Waals surface area (Å²) in [4.78, 5) is 4.26. The molecule has 4 nitrogen and oxygen atoms in total. The van der Waals surface area contributed by atoms with Crippen LogP contribution < -0.4 is 5.32 Å². The number of rotatable bonds is 7. The normalized spacial score (nSPS) is 17.4. The third kappa shape index (κ3) is 3.39. The standard InChI is InChI=1S/C18H25N3O/c1-13(20-18(9-12-22)16-3-4-16)15-5-7-17(8-6-15)21-11-10-19-14(21)2/h5-8,10-11,13,16,18,20,22H,3-4,9,12H2,1-2H3. The highest BCUT2D eigenvalue weighted by Gasteiger charge is 2.31. The molecular formula is C18H25N3O. The molecule has 2 N–H and O–H groups in total. The summed E-state index contributed by atoms with van der Waals surface area (Å²) in [6.45, 7) is 4.47. The topological polar surface area (TPSA) is 50.1 Å². The second-order valence-corrected chi connectivity index (χ2v) is 6.28. The lowest BCUT2D eigenvalue weighted by atomic mass is 10.0. The number of aryl methyl sites for hydroxylation is 1. The zero-order valence-corrected chi connectivity index (χ0v) is 13.4. The van der Waals surface area contributed by atoms with E-state index in [2.05, 4.69) is 46.1 Å². The summed E-state index contributed by atoms with van der Waals surface area (Å²) < 4.78 is 2.08. The maximum Gasteiger partial charge on any atom is 0.110 e. The van der Waals surface area contributed by atoms with Crippen molar-refractivity contribution in [3.05, 3.63) is 48.0 Å². The van der Waals surface area contributed by atoms with E-state index < -0.39 is 0 Å². The zero-order chi connectivity index (χ0) is 15.5. The molecule has 0 saturated heterocycles. The van der Waals surface area contributed by atoms with Gasteiger partial charge in [-0.2, -0.15) is 0 Å². The minimum atomic E-state index is 0.264. The number of aromatic nitrogens is 2. The lowest BCUT2D eigenvalue weighted by molar-refractivity contribution is 0.250. The fraction of sp³-hybridized carbons (Fsp3) is 0.500. The van der Waals surface area contributed by atoms with Crippen molar-refractivity contribution < 1.29 is 5.11 Å². The van der Waals surface area contributed by atoms with Crippen LogP contribution in [-0.2, 0) is 0 Å². The van der Waals surface area contributed by atoms with E-state index in [0.29, 0.717) is 12.1 Å². The Kier molecular flexibility index (Phi) is 4.60. The molecule has 0 amide bonds. The first kappa shape index (κ1) is 15.3. The number of nitrogens with zero attached hydrogens (tertiary/aromatic N) is 2. The van der Waals surface area contributed by atoms with Gasteiger partial charge < -0.3 is 15.0 Å². The molecule has 1 aliphatic carbocycles. The quantitative estimate of drug-likeness (QED) is 0.826. The molecule has 118 valence electrons. The smallest absolute Gasteiger partial charge is 0.110 e. The van der Waals surface area contributed by atoms with Crippen LogP contribution >= 0.6 is 0 Å². The second kappa shape index (κ2) is 6.63. The number of aliphatic hydroxyl groups excluding tert-OH is 1. The van der Waals surface area contributed by atoms with Crippen molar-refractivity contribution in [1.29, 1.82) is 0 Å². The number of hydrogen-bond donors (Lipinski definition) is 2. The Hall–Kier alpha value is -1.65. The maximum absolute atomic E-state index is 9.22. The Morgan fingerprint density at radius 1 is 1.32 bits per heavy atom. The number of nitrogens with one attached hydrogen (secondary N) is 1. The first-order valence-corrected chi connectivity index (χ1v) is 8.16. The molecule has 2 aromatic rings. The van der Waals surface area contributed by atoms with E-state index in [9.17, 15) is 5.11 Å². The first-order valence-electron chi connectivity index (χ1n) is 8.16. The predicted octanol–water partition coefficient (Wildman–Crippen LogP) is 2.99. The van der Waals surface area contributed by atoms with Crippen LogP contribution in [0.4, 0.5) is 0 Å². The monoisotopic (exact) mass is 299 g/mol. The van der Waals surface area contributed by atoms with Gasteiger partial charge in [0, 0.05) is 36.8 Å². The lowest BCUT2D eigenvalue weighted by Crippen LogP contribution is -2.34. The van der Waals surface area contributed by atoms with E-state index in [1.54, 1.807) is 0 Å². The van der Waals surface area contributed by atoms with Crippen LogP contribution in [0.25, 0.3) is 5.69 Å². The molecule has 1 saturated carbocycles. The van der Waals surface area contributed by atoms with Gasteiger partial charge in [0.15, 0.2) is 0 Å². The molecule has 2 unspecified atom stereocenters. The van der Waals surface area contributed by atoms with E-state index in [-0.39, 0.29) is 6.61 Å². The predicted molar refractivity (Wildman–Crippen MR) is 88.1 cm³/mol. The highest BCUT2D eigenvalue weighted by atomic mass is 16.3. The van der Waals surface area contributed by atoms with Gasteiger partial charge in [-0.25, -0.2) is 4.98 Å². The van der Waals surface area contributed by atoms with Crippen LogP contribution in [0.1, 0.15) is 43.6 Å². The third-order valence-corrected chi connectivity index (χ3v) is 4.59. The summed E-state index contributed by atoms with van der Waals surface area (Å²) in [6, 6.07) is 9.37. The molecule has 1 fully saturated rings. The van der Waals surface area contributed by atoms with Crippen LogP contribution in [-0.4, -0.2) is 27.3 Å². The number of benzene rings is 1. The Morgan fingerprint density at radius 3 is 2.59 bits per heavy atom. The van der Waals surface area contributed by atoms with Crippen molar-refractivity contribution in [2.24, 2.45) is 5.92 Å². The van der Waals surface area contributed by atoms with Crippen LogP contribution in [0.15, 0.2) is 36.7 Å². The van der Waals surface area contributed by atoms with E-state index in [1.807, 2.05) is 19.3 Å². The summed E-state index contributed by atoms with van der Waals surface area (Å²) in [5.41, 5.74) is 2.42. The van der Waals surface area contributed by atoms with Gasteiger partial charge in [0.05, 0.1) is 0 Å². The number of imidazole rings is 1. The molecule has 4 heteroatoms. The Labute approximate surface area is 132 Å². The molecule has 1 aromatic heterocycles. The molecule has 1 aliphatic rings. The van der Waals surface area contributed by atoms with Gasteiger partial charge >= 0.3 is 0 Å². The summed E-state index contributed by atoms with van der Waals surface area (Å²) in [5.74, 6) is 1.75. The van der Waals surface area contributed by atoms with Gasteiger partial charge in [0.2, 0.25) is 0 Å². The summed E-state index contributed by atoms with van der Waals surface area (Å²) >= 11 is 0. The van der Waals surface area contributed by atoms with E-state index >= 15 is 0 Å². The summed E-state index contributed by atoms with van der Waals surface area (Å²) in [6.07, 6.45) is 7.24. The first-order chi connectivity index (χ1) is 10.7. The molecule has 0 radical (unpaired) electrons. The highest BCUT2D eigenvalue weighted by molar-refractivity contribution is 5.36. The molecule has 1 aromatic carbocycles. The maximum atomic E-state index is 9.22. The Bertz CT molecular complexity index is 601. The lowest BCUT2D eigenvalue weighted by Gasteiger charge is -2.23. The van der Waals surface area contributed by atoms with Gasteiger partial charge in [0.1, 0.15) is 5.82 Å². The zero-order valence-electron chi connectivity index (χ0n) is 13.4. The molecule has 2 atom stereocenters. The van der Waals surface area contributed by atoms with E-state index in [0.717, 1.165) is 23.9 Å². The van der Waals surface area contributed by atoms with Gasteiger partial charge in [-0.3, -0.25) is 0 Å². The minimum Gasteiger partial charge on any atom is -0.396 e.